The first-order chi connectivity index (χ1) is 15.2. The van der Waals surface area contributed by atoms with Gasteiger partial charge in [-0.2, -0.15) is 4.99 Å². The van der Waals surface area contributed by atoms with Crippen molar-refractivity contribution in [2.75, 3.05) is 13.2 Å². The van der Waals surface area contributed by atoms with Gasteiger partial charge in [0.1, 0.15) is 0 Å². The molecular weight excluding hydrogens is 456 g/mol. The predicted molar refractivity (Wildman–Crippen MR) is 120 cm³/mol. The number of benzene rings is 2. The molecule has 10 nitrogen and oxygen atoms in total. The van der Waals surface area contributed by atoms with E-state index in [0.717, 1.165) is 11.3 Å². The molecule has 0 radical (unpaired) electrons. The van der Waals surface area contributed by atoms with Gasteiger partial charge in [0.2, 0.25) is 10.0 Å². The van der Waals surface area contributed by atoms with E-state index in [1.807, 2.05) is 6.92 Å². The topological polar surface area (TPSA) is 147 Å². The molecule has 1 amide bonds. The number of nitro groups is 1. The van der Waals surface area contributed by atoms with Crippen LogP contribution in [0.25, 0.3) is 16.3 Å². The summed E-state index contributed by atoms with van der Waals surface area (Å²) in [6, 6.07) is 10.3. The van der Waals surface area contributed by atoms with Crippen LogP contribution in [0.3, 0.4) is 0 Å². The summed E-state index contributed by atoms with van der Waals surface area (Å²) < 4.78 is 31.1. The number of nitro benzene ring substituents is 1. The van der Waals surface area contributed by atoms with Crippen molar-refractivity contribution in [3.63, 3.8) is 0 Å². The lowest BCUT2D eigenvalue weighted by Crippen LogP contribution is -2.19. The Morgan fingerprint density at radius 2 is 2.09 bits per heavy atom. The third-order valence-corrected chi connectivity index (χ3v) is 6.30. The van der Waals surface area contributed by atoms with Crippen molar-refractivity contribution >= 4 is 49.2 Å². The van der Waals surface area contributed by atoms with E-state index in [-0.39, 0.29) is 10.6 Å². The van der Waals surface area contributed by atoms with E-state index in [9.17, 15) is 23.3 Å². The van der Waals surface area contributed by atoms with E-state index in [1.54, 1.807) is 16.7 Å². The van der Waals surface area contributed by atoms with Crippen molar-refractivity contribution in [3.05, 3.63) is 69.0 Å². The van der Waals surface area contributed by atoms with Crippen molar-refractivity contribution in [3.8, 4) is 0 Å². The fraction of sp³-hybridized carbons (Fsp3) is 0.200. The quantitative estimate of drug-likeness (QED) is 0.229. The summed E-state index contributed by atoms with van der Waals surface area (Å²) in [4.78, 5) is 27.3. The second-order valence-electron chi connectivity index (χ2n) is 6.54. The minimum absolute atomic E-state index is 0.0355. The van der Waals surface area contributed by atoms with Crippen molar-refractivity contribution in [1.82, 2.24) is 4.57 Å². The van der Waals surface area contributed by atoms with Crippen LogP contribution in [0.5, 0.6) is 0 Å². The Labute approximate surface area is 187 Å². The summed E-state index contributed by atoms with van der Waals surface area (Å²) in [7, 11) is -3.87. The molecule has 0 atom stereocenters. The van der Waals surface area contributed by atoms with Gasteiger partial charge >= 0.3 is 0 Å². The van der Waals surface area contributed by atoms with Gasteiger partial charge in [-0.1, -0.05) is 23.5 Å². The molecule has 0 aliphatic carbocycles. The number of hydrogen-bond donors (Lipinski definition) is 1. The van der Waals surface area contributed by atoms with Crippen LogP contribution in [0.1, 0.15) is 12.5 Å². The molecule has 2 aromatic carbocycles. The molecule has 1 heterocycles. The lowest BCUT2D eigenvalue weighted by atomic mass is 10.2. The van der Waals surface area contributed by atoms with E-state index in [0.29, 0.717) is 40.3 Å². The first kappa shape index (κ1) is 23.5. The van der Waals surface area contributed by atoms with E-state index in [2.05, 4.69) is 4.99 Å². The number of sulfonamides is 1. The number of nitrogens with two attached hydrogens (primary N) is 1. The second kappa shape index (κ2) is 9.96. The molecule has 0 unspecified atom stereocenters. The highest BCUT2D eigenvalue weighted by atomic mass is 32.2. The molecule has 3 aromatic rings. The van der Waals surface area contributed by atoms with Gasteiger partial charge in [0.15, 0.2) is 4.80 Å². The first-order valence-electron chi connectivity index (χ1n) is 9.44. The Morgan fingerprint density at radius 3 is 2.78 bits per heavy atom. The summed E-state index contributed by atoms with van der Waals surface area (Å²) in [6.07, 6.45) is 2.65. The molecule has 0 bridgehead atoms. The van der Waals surface area contributed by atoms with Crippen LogP contribution in [0.2, 0.25) is 0 Å². The number of ether oxygens (including phenoxy) is 1. The number of amides is 1. The zero-order chi connectivity index (χ0) is 23.3. The molecule has 0 saturated carbocycles. The first-order valence-corrected chi connectivity index (χ1v) is 11.8. The zero-order valence-corrected chi connectivity index (χ0v) is 18.6. The largest absolute Gasteiger partial charge is 0.380 e. The number of primary sulfonamides is 1. The van der Waals surface area contributed by atoms with Crippen molar-refractivity contribution in [2.24, 2.45) is 10.1 Å². The SMILES string of the molecule is CCOCCn1c(=NC(=O)C=Cc2cccc([N+](=O)[O-])c2)sc2cc(S(N)(=O)=O)ccc21. The standard InChI is InChI=1S/C20H20N4O6S2/c1-2-30-11-10-23-17-8-7-16(32(21,28)29)13-18(17)31-20(23)22-19(25)9-6-14-4-3-5-15(12-14)24(26)27/h3-9,12-13H,2,10-11H2,1H3,(H2,21,28,29). The molecule has 0 aliphatic rings. The molecule has 0 fully saturated rings. The lowest BCUT2D eigenvalue weighted by Gasteiger charge is -2.05. The number of hydrogen-bond acceptors (Lipinski definition) is 7. The average molecular weight is 477 g/mol. The number of aromatic nitrogens is 1. The Kier molecular flexibility index (Phi) is 7.30. The summed E-state index contributed by atoms with van der Waals surface area (Å²) in [6.45, 7) is 3.17. The Hall–Kier alpha value is -3.19. The van der Waals surface area contributed by atoms with Crippen LogP contribution in [0, 0.1) is 10.1 Å². The summed E-state index contributed by atoms with van der Waals surface area (Å²) in [5.74, 6) is -0.570. The van der Waals surface area contributed by atoms with Gasteiger partial charge in [0.05, 0.1) is 26.6 Å². The molecule has 2 N–H and O–H groups in total. The smallest absolute Gasteiger partial charge is 0.272 e. The van der Waals surface area contributed by atoms with Gasteiger partial charge in [-0.15, -0.1) is 0 Å². The number of carbonyl (C=O) groups is 1. The lowest BCUT2D eigenvalue weighted by molar-refractivity contribution is -0.384. The molecule has 168 valence electrons. The van der Waals surface area contributed by atoms with Crippen LogP contribution in [0.15, 0.2) is 58.4 Å². The van der Waals surface area contributed by atoms with Crippen molar-refractivity contribution in [2.45, 2.75) is 18.4 Å². The Morgan fingerprint density at radius 1 is 1.31 bits per heavy atom. The number of carbonyl (C=O) groups excluding carboxylic acids is 1. The monoisotopic (exact) mass is 476 g/mol. The number of rotatable bonds is 8. The minimum Gasteiger partial charge on any atom is -0.380 e. The number of non-ortho nitro benzene ring substituents is 1. The molecule has 3 rings (SSSR count). The Bertz CT molecular complexity index is 1370. The molecule has 12 heteroatoms. The maximum atomic E-state index is 12.4. The van der Waals surface area contributed by atoms with Gasteiger partial charge in [-0.05, 0) is 36.8 Å². The van der Waals surface area contributed by atoms with Crippen LogP contribution in [-0.4, -0.2) is 37.0 Å². The molecule has 0 saturated heterocycles. The molecule has 1 aromatic heterocycles. The predicted octanol–water partition coefficient (Wildman–Crippen LogP) is 2.44. The molecule has 0 spiro atoms. The van der Waals surface area contributed by atoms with Gasteiger partial charge in [0, 0.05) is 31.4 Å². The summed E-state index contributed by atoms with van der Waals surface area (Å²) >= 11 is 1.15. The van der Waals surface area contributed by atoms with E-state index < -0.39 is 20.9 Å². The normalized spacial score (nSPS) is 12.6. The summed E-state index contributed by atoms with van der Waals surface area (Å²) in [5.41, 5.74) is 1.10. The van der Waals surface area contributed by atoms with Crippen molar-refractivity contribution in [1.29, 1.82) is 0 Å². The van der Waals surface area contributed by atoms with Gasteiger partial charge < -0.3 is 9.30 Å². The maximum absolute atomic E-state index is 12.4. The minimum atomic E-state index is -3.87. The van der Waals surface area contributed by atoms with E-state index >= 15 is 0 Å². The van der Waals surface area contributed by atoms with Crippen LogP contribution >= 0.6 is 11.3 Å². The third kappa shape index (κ3) is 5.73. The second-order valence-corrected chi connectivity index (χ2v) is 9.11. The van der Waals surface area contributed by atoms with Crippen LogP contribution in [0.4, 0.5) is 5.69 Å². The van der Waals surface area contributed by atoms with E-state index in [4.69, 9.17) is 9.88 Å². The fourth-order valence-electron chi connectivity index (χ4n) is 2.87. The Balaban J connectivity index is 1.99. The van der Waals surface area contributed by atoms with Gasteiger partial charge in [-0.25, -0.2) is 13.6 Å². The average Bonchev–Trinajstić information content (AvgIpc) is 3.08. The van der Waals surface area contributed by atoms with E-state index in [1.165, 1.54) is 42.5 Å². The molecule has 0 aliphatic heterocycles. The van der Waals surface area contributed by atoms with Gasteiger partial charge in [0.25, 0.3) is 11.6 Å². The third-order valence-electron chi connectivity index (χ3n) is 4.35. The zero-order valence-electron chi connectivity index (χ0n) is 17.0. The molecule has 32 heavy (non-hydrogen) atoms. The molecular formula is C20H20N4O6S2. The highest BCUT2D eigenvalue weighted by Crippen LogP contribution is 2.21. The van der Waals surface area contributed by atoms with Crippen LogP contribution < -0.4 is 9.94 Å². The highest BCUT2D eigenvalue weighted by Gasteiger charge is 2.13. The number of fused-ring (bicyclic) bond motifs is 1. The number of thiazole rings is 1. The van der Waals surface area contributed by atoms with Gasteiger partial charge in [-0.3, -0.25) is 14.9 Å². The van der Waals surface area contributed by atoms with Crippen LogP contribution in [-0.2, 0) is 26.1 Å². The fourth-order valence-corrected chi connectivity index (χ4v) is 4.59. The maximum Gasteiger partial charge on any atom is 0.272 e. The highest BCUT2D eigenvalue weighted by molar-refractivity contribution is 7.89. The number of nitrogens with zero attached hydrogens (tertiary/aromatic N) is 3. The van der Waals surface area contributed by atoms with Crippen molar-refractivity contribution < 1.29 is 22.9 Å². The summed E-state index contributed by atoms with van der Waals surface area (Å²) in [5, 5.41) is 16.1.